The molecular formula is C13H18BrNO3. The van der Waals surface area contributed by atoms with Gasteiger partial charge in [-0.1, -0.05) is 13.0 Å². The van der Waals surface area contributed by atoms with Crippen molar-refractivity contribution in [1.29, 1.82) is 0 Å². The molecule has 18 heavy (non-hydrogen) atoms. The van der Waals surface area contributed by atoms with E-state index in [2.05, 4.69) is 15.9 Å². The van der Waals surface area contributed by atoms with E-state index in [0.717, 1.165) is 22.2 Å². The van der Waals surface area contributed by atoms with Gasteiger partial charge in [0.05, 0.1) is 11.1 Å². The zero-order chi connectivity index (χ0) is 13.5. The van der Waals surface area contributed by atoms with Gasteiger partial charge in [0.25, 0.3) is 0 Å². The number of nitrogens with two attached hydrogens (primary N) is 1. The summed E-state index contributed by atoms with van der Waals surface area (Å²) in [6, 6.07) is 5.35. The van der Waals surface area contributed by atoms with Crippen molar-refractivity contribution >= 4 is 21.9 Å². The molecule has 0 bridgehead atoms. The largest absolute Gasteiger partial charge is 0.492 e. The molecule has 100 valence electrons. The molecule has 0 radical (unpaired) electrons. The number of carboxylic acids is 1. The number of halogens is 1. The number of hydrogen-bond donors (Lipinski definition) is 2. The van der Waals surface area contributed by atoms with Gasteiger partial charge in [0.1, 0.15) is 5.75 Å². The van der Waals surface area contributed by atoms with Crippen LogP contribution < -0.4 is 10.5 Å². The minimum Gasteiger partial charge on any atom is -0.492 e. The molecule has 1 unspecified atom stereocenters. The Morgan fingerprint density at radius 1 is 1.56 bits per heavy atom. The van der Waals surface area contributed by atoms with E-state index < -0.39 is 5.97 Å². The highest BCUT2D eigenvalue weighted by Crippen LogP contribution is 2.29. The van der Waals surface area contributed by atoms with Gasteiger partial charge in [-0.3, -0.25) is 4.79 Å². The molecule has 0 amide bonds. The number of aliphatic carboxylic acids is 1. The van der Waals surface area contributed by atoms with Gasteiger partial charge in [-0.05, 0) is 46.5 Å². The number of ether oxygens (including phenoxy) is 1. The third kappa shape index (κ3) is 4.66. The summed E-state index contributed by atoms with van der Waals surface area (Å²) in [5.74, 6) is -0.0431. The van der Waals surface area contributed by atoms with E-state index >= 15 is 0 Å². The molecule has 0 saturated carbocycles. The Balaban J connectivity index is 2.67. The normalized spacial score (nSPS) is 12.2. The number of benzene rings is 1. The van der Waals surface area contributed by atoms with E-state index in [0.29, 0.717) is 13.0 Å². The van der Waals surface area contributed by atoms with Crippen molar-refractivity contribution in [3.05, 3.63) is 28.2 Å². The minimum atomic E-state index is -0.826. The molecule has 0 aromatic heterocycles. The van der Waals surface area contributed by atoms with Crippen LogP contribution in [0.25, 0.3) is 0 Å². The zero-order valence-electron chi connectivity index (χ0n) is 10.4. The predicted molar refractivity (Wildman–Crippen MR) is 73.7 cm³/mol. The molecule has 0 aliphatic carbocycles. The maximum Gasteiger partial charge on any atom is 0.303 e. The summed E-state index contributed by atoms with van der Waals surface area (Å²) in [4.78, 5) is 10.5. The van der Waals surface area contributed by atoms with Crippen LogP contribution in [0.3, 0.4) is 0 Å². The Labute approximate surface area is 115 Å². The summed E-state index contributed by atoms with van der Waals surface area (Å²) in [7, 11) is 0. The SMILES string of the molecule is CCCOc1ccc(C(N)CCC(=O)O)cc1Br. The highest BCUT2D eigenvalue weighted by molar-refractivity contribution is 9.10. The Kier molecular flexibility index (Phi) is 6.15. The quantitative estimate of drug-likeness (QED) is 0.811. The molecule has 0 fully saturated rings. The predicted octanol–water partition coefficient (Wildman–Crippen LogP) is 3.10. The molecule has 0 saturated heterocycles. The van der Waals surface area contributed by atoms with Gasteiger partial charge in [0.15, 0.2) is 0 Å². The van der Waals surface area contributed by atoms with E-state index in [-0.39, 0.29) is 12.5 Å². The van der Waals surface area contributed by atoms with Gasteiger partial charge < -0.3 is 15.6 Å². The highest BCUT2D eigenvalue weighted by atomic mass is 79.9. The van der Waals surface area contributed by atoms with Crippen molar-refractivity contribution in [2.45, 2.75) is 32.2 Å². The Morgan fingerprint density at radius 3 is 2.83 bits per heavy atom. The van der Waals surface area contributed by atoms with Gasteiger partial charge in [-0.2, -0.15) is 0 Å². The second-order valence-corrected chi connectivity index (χ2v) is 4.93. The summed E-state index contributed by atoms with van der Waals surface area (Å²) in [5.41, 5.74) is 6.85. The van der Waals surface area contributed by atoms with E-state index in [4.69, 9.17) is 15.6 Å². The molecule has 0 aliphatic heterocycles. The van der Waals surface area contributed by atoms with E-state index in [1.54, 1.807) is 0 Å². The summed E-state index contributed by atoms with van der Waals surface area (Å²) >= 11 is 3.43. The first-order valence-electron chi connectivity index (χ1n) is 5.94. The van der Waals surface area contributed by atoms with Crippen molar-refractivity contribution in [2.24, 2.45) is 5.73 Å². The van der Waals surface area contributed by atoms with Crippen molar-refractivity contribution in [1.82, 2.24) is 0 Å². The van der Waals surface area contributed by atoms with E-state index in [1.165, 1.54) is 0 Å². The third-order valence-electron chi connectivity index (χ3n) is 2.51. The molecule has 5 heteroatoms. The lowest BCUT2D eigenvalue weighted by Crippen LogP contribution is -2.12. The lowest BCUT2D eigenvalue weighted by atomic mass is 10.0. The first-order valence-corrected chi connectivity index (χ1v) is 6.73. The fourth-order valence-electron chi connectivity index (χ4n) is 1.52. The van der Waals surface area contributed by atoms with Crippen LogP contribution in [0.15, 0.2) is 22.7 Å². The molecule has 3 N–H and O–H groups in total. The molecule has 0 aliphatic rings. The van der Waals surface area contributed by atoms with Gasteiger partial charge in [-0.25, -0.2) is 0 Å². The van der Waals surface area contributed by atoms with Crippen LogP contribution in [0.5, 0.6) is 5.75 Å². The number of carboxylic acid groups (broad SMARTS) is 1. The van der Waals surface area contributed by atoms with Crippen molar-refractivity contribution < 1.29 is 14.6 Å². The Hall–Kier alpha value is -1.07. The number of hydrogen-bond acceptors (Lipinski definition) is 3. The van der Waals surface area contributed by atoms with Crippen molar-refractivity contribution in [3.63, 3.8) is 0 Å². The summed E-state index contributed by atoms with van der Waals surface area (Å²) in [6.45, 7) is 2.72. The molecule has 0 spiro atoms. The van der Waals surface area contributed by atoms with Crippen LogP contribution in [-0.2, 0) is 4.79 Å². The van der Waals surface area contributed by atoms with Crippen LogP contribution in [-0.4, -0.2) is 17.7 Å². The fraction of sp³-hybridized carbons (Fsp3) is 0.462. The van der Waals surface area contributed by atoms with Crippen LogP contribution >= 0.6 is 15.9 Å². The molecule has 1 rings (SSSR count). The maximum atomic E-state index is 10.5. The smallest absolute Gasteiger partial charge is 0.303 e. The summed E-state index contributed by atoms with van der Waals surface area (Å²) < 4.78 is 6.38. The van der Waals surface area contributed by atoms with Crippen LogP contribution in [0.1, 0.15) is 37.8 Å². The lowest BCUT2D eigenvalue weighted by molar-refractivity contribution is -0.137. The maximum absolute atomic E-state index is 10.5. The molecule has 1 aromatic carbocycles. The second-order valence-electron chi connectivity index (χ2n) is 4.08. The molecular weight excluding hydrogens is 298 g/mol. The zero-order valence-corrected chi connectivity index (χ0v) is 11.9. The van der Waals surface area contributed by atoms with Gasteiger partial charge in [0, 0.05) is 12.5 Å². The number of carbonyl (C=O) groups is 1. The molecule has 1 aromatic rings. The van der Waals surface area contributed by atoms with Crippen molar-refractivity contribution in [3.8, 4) is 5.75 Å². The summed E-state index contributed by atoms with van der Waals surface area (Å²) in [6.07, 6.45) is 1.45. The van der Waals surface area contributed by atoms with Gasteiger partial charge in [0.2, 0.25) is 0 Å². The van der Waals surface area contributed by atoms with Crippen LogP contribution in [0.2, 0.25) is 0 Å². The Bertz CT molecular complexity index is 409. The van der Waals surface area contributed by atoms with E-state index in [1.807, 2.05) is 25.1 Å². The van der Waals surface area contributed by atoms with E-state index in [9.17, 15) is 4.79 Å². The van der Waals surface area contributed by atoms with Crippen LogP contribution in [0, 0.1) is 0 Å². The topological polar surface area (TPSA) is 72.5 Å². The number of rotatable bonds is 7. The first kappa shape index (κ1) is 15.0. The summed E-state index contributed by atoms with van der Waals surface area (Å²) in [5, 5.41) is 8.62. The minimum absolute atomic E-state index is 0.0763. The average Bonchev–Trinajstić information content (AvgIpc) is 2.34. The average molecular weight is 316 g/mol. The monoisotopic (exact) mass is 315 g/mol. The van der Waals surface area contributed by atoms with Crippen LogP contribution in [0.4, 0.5) is 0 Å². The highest BCUT2D eigenvalue weighted by Gasteiger charge is 2.10. The van der Waals surface area contributed by atoms with Gasteiger partial charge in [-0.15, -0.1) is 0 Å². The van der Waals surface area contributed by atoms with Gasteiger partial charge >= 0.3 is 5.97 Å². The van der Waals surface area contributed by atoms with Crippen molar-refractivity contribution in [2.75, 3.05) is 6.61 Å². The Morgan fingerprint density at radius 2 is 2.28 bits per heavy atom. The molecule has 4 nitrogen and oxygen atoms in total. The third-order valence-corrected chi connectivity index (χ3v) is 3.13. The molecule has 1 atom stereocenters. The molecule has 0 heterocycles. The first-order chi connectivity index (χ1) is 8.54. The lowest BCUT2D eigenvalue weighted by Gasteiger charge is -2.13. The second kappa shape index (κ2) is 7.38. The standard InChI is InChI=1S/C13H18BrNO3/c1-2-7-18-12-5-3-9(8-10(12)14)11(15)4-6-13(16)17/h3,5,8,11H,2,4,6-7,15H2,1H3,(H,16,17). The fourth-order valence-corrected chi connectivity index (χ4v) is 2.03.